The topological polar surface area (TPSA) is 152 Å². The van der Waals surface area contributed by atoms with Gasteiger partial charge in [-0.25, -0.2) is 14.4 Å². The number of carbonyl (C=O) groups is 4. The fourth-order valence-corrected chi connectivity index (χ4v) is 3.21. The Labute approximate surface area is 215 Å². The minimum absolute atomic E-state index is 0.0114. The van der Waals surface area contributed by atoms with Gasteiger partial charge in [0.15, 0.2) is 6.04 Å². The summed E-state index contributed by atoms with van der Waals surface area (Å²) in [7, 11) is 1.13. The molecule has 0 saturated heterocycles. The molecule has 3 amide bonds. The molecule has 2 aromatic carbocycles. The van der Waals surface area contributed by atoms with Gasteiger partial charge in [0.2, 0.25) is 5.91 Å². The van der Waals surface area contributed by atoms with Crippen molar-refractivity contribution in [3.05, 3.63) is 71.8 Å². The van der Waals surface area contributed by atoms with Crippen LogP contribution < -0.4 is 16.0 Å². The van der Waals surface area contributed by atoms with Crippen molar-refractivity contribution < 1.29 is 38.5 Å². The van der Waals surface area contributed by atoms with E-state index in [2.05, 4.69) is 20.7 Å². The lowest BCUT2D eigenvalue weighted by Gasteiger charge is -2.21. The fraction of sp³-hybridized carbons (Fsp3) is 0.385. The number of esters is 1. The Morgan fingerprint density at radius 2 is 1.35 bits per heavy atom. The van der Waals surface area contributed by atoms with Crippen LogP contribution in [-0.4, -0.2) is 61.5 Å². The number of aliphatic hydroxyl groups is 1. The second-order valence-electron chi connectivity index (χ2n) is 8.01. The molecule has 0 bridgehead atoms. The molecule has 0 saturated carbocycles. The summed E-state index contributed by atoms with van der Waals surface area (Å²) in [5.74, 6) is -1.50. The first-order valence-corrected chi connectivity index (χ1v) is 11.8. The molecule has 37 heavy (non-hydrogen) atoms. The average molecular weight is 516 g/mol. The third kappa shape index (κ3) is 11.4. The van der Waals surface area contributed by atoms with Crippen LogP contribution in [0.1, 0.15) is 30.4 Å². The van der Waals surface area contributed by atoms with E-state index in [1.54, 1.807) is 24.3 Å². The van der Waals surface area contributed by atoms with Crippen LogP contribution in [0.2, 0.25) is 0 Å². The molecule has 11 nitrogen and oxygen atoms in total. The van der Waals surface area contributed by atoms with Crippen LogP contribution in [-0.2, 0) is 37.0 Å². The van der Waals surface area contributed by atoms with Crippen molar-refractivity contribution >= 4 is 24.1 Å². The normalized spacial score (nSPS) is 11.9. The average Bonchev–Trinajstić information content (AvgIpc) is 2.93. The highest BCUT2D eigenvalue weighted by Gasteiger charge is 2.27. The lowest BCUT2D eigenvalue weighted by Crippen LogP contribution is -2.53. The van der Waals surface area contributed by atoms with Crippen LogP contribution in [0.3, 0.4) is 0 Å². The number of hydrogen-bond acceptors (Lipinski definition) is 8. The molecule has 0 radical (unpaired) electrons. The first-order chi connectivity index (χ1) is 17.9. The first kappa shape index (κ1) is 29.1. The lowest BCUT2D eigenvalue weighted by atomic mass is 10.1. The number of benzene rings is 2. The van der Waals surface area contributed by atoms with Gasteiger partial charge in [-0.2, -0.15) is 0 Å². The minimum Gasteiger partial charge on any atom is -0.467 e. The maximum absolute atomic E-state index is 12.7. The molecule has 0 heterocycles. The molecule has 4 N–H and O–H groups in total. The van der Waals surface area contributed by atoms with Crippen molar-refractivity contribution in [2.75, 3.05) is 20.3 Å². The van der Waals surface area contributed by atoms with Crippen molar-refractivity contribution in [3.63, 3.8) is 0 Å². The number of aliphatic hydroxyl groups excluding tert-OH is 1. The highest BCUT2D eigenvalue weighted by atomic mass is 16.6. The molecular formula is C26H33N3O8. The highest BCUT2D eigenvalue weighted by Crippen LogP contribution is 2.06. The first-order valence-electron chi connectivity index (χ1n) is 11.8. The number of nitrogens with one attached hydrogen (secondary N) is 3. The Hall–Kier alpha value is -4.12. The Morgan fingerprint density at radius 1 is 0.784 bits per heavy atom. The zero-order valence-electron chi connectivity index (χ0n) is 20.7. The summed E-state index contributed by atoms with van der Waals surface area (Å²) in [4.78, 5) is 48.7. The molecule has 0 spiro atoms. The molecule has 0 unspecified atom stereocenters. The SMILES string of the molecule is COC(=O)[C@@H](CO)NC(=O)[C@H](CCCCNC(=O)OCc1ccccc1)NC(=O)OCc1ccccc1. The number of hydrogen-bond donors (Lipinski definition) is 4. The Balaban J connectivity index is 1.82. The van der Waals surface area contributed by atoms with E-state index >= 15 is 0 Å². The van der Waals surface area contributed by atoms with Crippen LogP contribution in [0, 0.1) is 0 Å². The van der Waals surface area contributed by atoms with E-state index in [0.717, 1.165) is 18.2 Å². The largest absolute Gasteiger partial charge is 0.467 e. The van der Waals surface area contributed by atoms with Crippen molar-refractivity contribution in [1.82, 2.24) is 16.0 Å². The maximum Gasteiger partial charge on any atom is 0.408 e. The predicted molar refractivity (Wildman–Crippen MR) is 133 cm³/mol. The summed E-state index contributed by atoms with van der Waals surface area (Å²) in [6.07, 6.45) is -0.259. The van der Waals surface area contributed by atoms with Crippen molar-refractivity contribution in [2.24, 2.45) is 0 Å². The van der Waals surface area contributed by atoms with Crippen LogP contribution >= 0.6 is 0 Å². The highest BCUT2D eigenvalue weighted by molar-refractivity contribution is 5.89. The van der Waals surface area contributed by atoms with Crippen molar-refractivity contribution in [1.29, 1.82) is 0 Å². The Kier molecular flexibility index (Phi) is 13.0. The summed E-state index contributed by atoms with van der Waals surface area (Å²) in [6.45, 7) is -0.214. The van der Waals surface area contributed by atoms with E-state index in [9.17, 15) is 24.3 Å². The second kappa shape index (κ2) is 16.5. The predicted octanol–water partition coefficient (Wildman–Crippen LogP) is 2.03. The number of carbonyl (C=O) groups excluding carboxylic acids is 4. The smallest absolute Gasteiger partial charge is 0.408 e. The third-order valence-corrected chi connectivity index (χ3v) is 5.21. The molecule has 2 rings (SSSR count). The van der Waals surface area contributed by atoms with Gasteiger partial charge >= 0.3 is 18.2 Å². The van der Waals surface area contributed by atoms with Crippen molar-refractivity contribution in [2.45, 2.75) is 44.6 Å². The number of alkyl carbamates (subject to hydrolysis) is 2. The number of ether oxygens (including phenoxy) is 3. The summed E-state index contributed by atoms with van der Waals surface area (Å²) >= 11 is 0. The zero-order chi connectivity index (χ0) is 26.9. The minimum atomic E-state index is -1.27. The standard InChI is InChI=1S/C26H33N3O8/c1-35-24(32)22(16-30)28-23(31)21(29-26(34)37-18-20-12-6-3-7-13-20)14-8-9-15-27-25(33)36-17-19-10-4-2-5-11-19/h2-7,10-13,21-22,30H,8-9,14-18H2,1H3,(H,27,33)(H,28,31)(H,29,34)/t21-,22+/m0/s1. The molecular weight excluding hydrogens is 482 g/mol. The van der Waals surface area contributed by atoms with Gasteiger partial charge < -0.3 is 35.3 Å². The molecule has 0 fully saturated rings. The van der Waals surface area contributed by atoms with Gasteiger partial charge in [0.05, 0.1) is 13.7 Å². The number of rotatable bonds is 14. The van der Waals surface area contributed by atoms with Crippen LogP contribution in [0.5, 0.6) is 0 Å². The van der Waals surface area contributed by atoms with Crippen LogP contribution in [0.15, 0.2) is 60.7 Å². The van der Waals surface area contributed by atoms with Crippen LogP contribution in [0.4, 0.5) is 9.59 Å². The van der Waals surface area contributed by atoms with E-state index in [0.29, 0.717) is 19.4 Å². The van der Waals surface area contributed by atoms with Gasteiger partial charge in [0, 0.05) is 6.54 Å². The van der Waals surface area contributed by atoms with Gasteiger partial charge in [-0.05, 0) is 30.4 Å². The fourth-order valence-electron chi connectivity index (χ4n) is 3.21. The number of unbranched alkanes of at least 4 members (excludes halogenated alkanes) is 1. The van der Waals surface area contributed by atoms with E-state index in [-0.39, 0.29) is 19.6 Å². The zero-order valence-corrected chi connectivity index (χ0v) is 20.7. The summed E-state index contributed by atoms with van der Waals surface area (Å²) in [6, 6.07) is 16.0. The molecule has 0 aliphatic heterocycles. The monoisotopic (exact) mass is 515 g/mol. The number of methoxy groups -OCH3 is 1. The van der Waals surface area contributed by atoms with E-state index in [1.165, 1.54) is 0 Å². The molecule has 2 atom stereocenters. The maximum atomic E-state index is 12.7. The van der Waals surface area contributed by atoms with Gasteiger partial charge in [-0.1, -0.05) is 60.7 Å². The van der Waals surface area contributed by atoms with E-state index < -0.39 is 42.8 Å². The molecule has 0 aliphatic rings. The lowest BCUT2D eigenvalue weighted by molar-refractivity contribution is -0.146. The van der Waals surface area contributed by atoms with Gasteiger partial charge in [0.1, 0.15) is 19.3 Å². The summed E-state index contributed by atoms with van der Waals surface area (Å²) in [5.41, 5.74) is 1.64. The molecule has 0 aliphatic carbocycles. The third-order valence-electron chi connectivity index (χ3n) is 5.21. The molecule has 11 heteroatoms. The van der Waals surface area contributed by atoms with Crippen molar-refractivity contribution in [3.8, 4) is 0 Å². The van der Waals surface area contributed by atoms with E-state index in [1.807, 2.05) is 36.4 Å². The second-order valence-corrected chi connectivity index (χ2v) is 8.01. The molecule has 2 aromatic rings. The van der Waals surface area contributed by atoms with Gasteiger partial charge in [-0.15, -0.1) is 0 Å². The summed E-state index contributed by atoms with van der Waals surface area (Å²) < 4.78 is 14.9. The van der Waals surface area contributed by atoms with E-state index in [4.69, 9.17) is 9.47 Å². The quantitative estimate of drug-likeness (QED) is 0.169. The Morgan fingerprint density at radius 3 is 1.89 bits per heavy atom. The molecule has 200 valence electrons. The van der Waals surface area contributed by atoms with Gasteiger partial charge in [-0.3, -0.25) is 4.79 Å². The Bertz CT molecular complexity index is 988. The summed E-state index contributed by atoms with van der Waals surface area (Å²) in [5, 5.41) is 16.9. The van der Waals surface area contributed by atoms with Crippen LogP contribution in [0.25, 0.3) is 0 Å². The van der Waals surface area contributed by atoms with Gasteiger partial charge in [0.25, 0.3) is 0 Å². The number of amides is 3. The molecule has 0 aromatic heterocycles.